The van der Waals surface area contributed by atoms with Crippen LogP contribution in [0.5, 0.6) is 0 Å². The van der Waals surface area contributed by atoms with Crippen LogP contribution >= 0.6 is 12.6 Å². The molecule has 0 fully saturated rings. The molecule has 42 heavy (non-hydrogen) atoms. The molecule has 0 saturated heterocycles. The molecular formula is C40H80OS. The van der Waals surface area contributed by atoms with Gasteiger partial charge in [0.25, 0.3) is 0 Å². The van der Waals surface area contributed by atoms with Crippen LogP contribution in [0.4, 0.5) is 0 Å². The number of rotatable bonds is 36. The molecule has 0 aliphatic heterocycles. The average molecular weight is 609 g/mol. The first-order chi connectivity index (χ1) is 20.6. The molecular weight excluding hydrogens is 529 g/mol. The summed E-state index contributed by atoms with van der Waals surface area (Å²) in [5.41, 5.74) is 0. The molecule has 0 atom stereocenters. The number of thiol groups is 1. The Morgan fingerprint density at radius 1 is 0.357 bits per heavy atom. The molecule has 0 unspecified atom stereocenters. The van der Waals surface area contributed by atoms with Gasteiger partial charge in [0.1, 0.15) is 5.78 Å². The Labute approximate surface area is 272 Å². The molecule has 0 saturated carbocycles. The van der Waals surface area contributed by atoms with Crippen molar-refractivity contribution in [3.63, 3.8) is 0 Å². The van der Waals surface area contributed by atoms with E-state index in [2.05, 4.69) is 13.8 Å². The van der Waals surface area contributed by atoms with E-state index in [9.17, 15) is 4.79 Å². The summed E-state index contributed by atoms with van der Waals surface area (Å²) in [4.78, 5) is 12.7. The first-order valence-electron chi connectivity index (χ1n) is 19.9. The van der Waals surface area contributed by atoms with Crippen LogP contribution in [0.15, 0.2) is 0 Å². The van der Waals surface area contributed by atoms with Crippen molar-refractivity contribution in [3.05, 3.63) is 0 Å². The van der Waals surface area contributed by atoms with Crippen LogP contribution in [0, 0.1) is 0 Å². The lowest BCUT2D eigenvalue weighted by molar-refractivity contribution is -0.121. The maximum Gasteiger partial charge on any atom is 0.148 e. The van der Waals surface area contributed by atoms with E-state index >= 15 is 0 Å². The van der Waals surface area contributed by atoms with Crippen molar-refractivity contribution < 1.29 is 4.79 Å². The van der Waals surface area contributed by atoms with Gasteiger partial charge in [-0.2, -0.15) is 12.6 Å². The Hall–Kier alpha value is 0.0200. The van der Waals surface area contributed by atoms with Crippen LogP contribution in [0.2, 0.25) is 0 Å². The zero-order valence-corrected chi connectivity index (χ0v) is 30.5. The second kappa shape index (κ2) is 33.9. The lowest BCUT2D eigenvalue weighted by Gasteiger charge is -2.27. The zero-order chi connectivity index (χ0) is 30.8. The Kier molecular flexibility index (Phi) is 33.9. The Bertz CT molecular complexity index is 494. The van der Waals surface area contributed by atoms with E-state index in [4.69, 9.17) is 12.6 Å². The van der Waals surface area contributed by atoms with Crippen LogP contribution in [-0.4, -0.2) is 10.5 Å². The summed E-state index contributed by atoms with van der Waals surface area (Å²) < 4.78 is -0.360. The van der Waals surface area contributed by atoms with Crippen molar-refractivity contribution in [2.45, 2.75) is 250 Å². The van der Waals surface area contributed by atoms with Crippen LogP contribution in [-0.2, 0) is 4.79 Å². The van der Waals surface area contributed by atoms with E-state index in [1.807, 2.05) is 6.92 Å². The SMILES string of the molecule is CCCCCCCCCCCCCCCCCCC(S)(CCCCCCCCCCCCCCCCCC)C(=O)CC. The molecule has 252 valence electrons. The number of unbranched alkanes of at least 4 members (excludes halogenated alkanes) is 30. The summed E-state index contributed by atoms with van der Waals surface area (Å²) in [6, 6.07) is 0. The summed E-state index contributed by atoms with van der Waals surface area (Å²) >= 11 is 5.00. The number of hydrogen-bond donors (Lipinski definition) is 1. The smallest absolute Gasteiger partial charge is 0.148 e. The van der Waals surface area contributed by atoms with E-state index in [0.29, 0.717) is 12.2 Å². The van der Waals surface area contributed by atoms with Gasteiger partial charge in [0.15, 0.2) is 0 Å². The fourth-order valence-corrected chi connectivity index (χ4v) is 7.14. The van der Waals surface area contributed by atoms with E-state index in [1.165, 1.54) is 205 Å². The summed E-state index contributed by atoms with van der Waals surface area (Å²) in [5, 5.41) is 0. The van der Waals surface area contributed by atoms with E-state index < -0.39 is 0 Å². The molecule has 0 aliphatic rings. The molecule has 0 aromatic rings. The first kappa shape index (κ1) is 42.0. The second-order valence-corrected chi connectivity index (χ2v) is 14.8. The van der Waals surface area contributed by atoms with Gasteiger partial charge in [0.05, 0.1) is 4.75 Å². The molecule has 0 amide bonds. The minimum atomic E-state index is -0.360. The van der Waals surface area contributed by atoms with Gasteiger partial charge in [-0.15, -0.1) is 0 Å². The number of Topliss-reactive ketones (excluding diaryl/α,β-unsaturated/α-hetero) is 1. The highest BCUT2D eigenvalue weighted by molar-refractivity contribution is 7.82. The number of hydrogen-bond acceptors (Lipinski definition) is 2. The van der Waals surface area contributed by atoms with Crippen molar-refractivity contribution in [2.24, 2.45) is 0 Å². The van der Waals surface area contributed by atoms with E-state index in [0.717, 1.165) is 12.8 Å². The maximum absolute atomic E-state index is 12.7. The quantitative estimate of drug-likeness (QED) is 0.0553. The molecule has 0 rings (SSSR count). The fraction of sp³-hybridized carbons (Fsp3) is 0.975. The van der Waals surface area contributed by atoms with Crippen LogP contribution in [0.25, 0.3) is 0 Å². The van der Waals surface area contributed by atoms with Crippen molar-refractivity contribution >= 4 is 18.4 Å². The zero-order valence-electron chi connectivity index (χ0n) is 29.6. The molecule has 0 bridgehead atoms. The normalized spacial score (nSPS) is 11.9. The van der Waals surface area contributed by atoms with Crippen molar-refractivity contribution in [1.29, 1.82) is 0 Å². The van der Waals surface area contributed by atoms with Gasteiger partial charge < -0.3 is 0 Å². The van der Waals surface area contributed by atoms with Gasteiger partial charge in [-0.1, -0.05) is 226 Å². The van der Waals surface area contributed by atoms with Gasteiger partial charge in [-0.3, -0.25) is 4.79 Å². The highest BCUT2D eigenvalue weighted by Gasteiger charge is 2.31. The predicted octanol–water partition coefficient (Wildman–Crippen LogP) is 14.9. The largest absolute Gasteiger partial charge is 0.298 e. The van der Waals surface area contributed by atoms with Gasteiger partial charge >= 0.3 is 0 Å². The number of carbonyl (C=O) groups excluding carboxylic acids is 1. The summed E-state index contributed by atoms with van der Waals surface area (Å²) in [7, 11) is 0. The maximum atomic E-state index is 12.7. The highest BCUT2D eigenvalue weighted by atomic mass is 32.1. The summed E-state index contributed by atoms with van der Waals surface area (Å²) in [6.07, 6.45) is 47.3. The molecule has 0 spiro atoms. The first-order valence-corrected chi connectivity index (χ1v) is 20.3. The Morgan fingerprint density at radius 3 is 0.738 bits per heavy atom. The third-order valence-corrected chi connectivity index (χ3v) is 10.4. The molecule has 0 aromatic carbocycles. The van der Waals surface area contributed by atoms with E-state index in [1.54, 1.807) is 0 Å². The van der Waals surface area contributed by atoms with Gasteiger partial charge in [0.2, 0.25) is 0 Å². The van der Waals surface area contributed by atoms with Crippen molar-refractivity contribution in [3.8, 4) is 0 Å². The van der Waals surface area contributed by atoms with Crippen LogP contribution < -0.4 is 0 Å². The molecule has 0 aromatic heterocycles. The number of ketones is 1. The molecule has 0 aliphatic carbocycles. The van der Waals surface area contributed by atoms with Crippen molar-refractivity contribution in [1.82, 2.24) is 0 Å². The van der Waals surface area contributed by atoms with E-state index in [-0.39, 0.29) is 4.75 Å². The fourth-order valence-electron chi connectivity index (χ4n) is 6.66. The van der Waals surface area contributed by atoms with Crippen LogP contribution in [0.3, 0.4) is 0 Å². The predicted molar refractivity (Wildman–Crippen MR) is 195 cm³/mol. The average Bonchev–Trinajstić information content (AvgIpc) is 3.00. The van der Waals surface area contributed by atoms with Crippen molar-refractivity contribution in [2.75, 3.05) is 0 Å². The summed E-state index contributed by atoms with van der Waals surface area (Å²) in [5.74, 6) is 0.382. The Morgan fingerprint density at radius 2 is 0.548 bits per heavy atom. The molecule has 1 nitrogen and oxygen atoms in total. The molecule has 2 heteroatoms. The topological polar surface area (TPSA) is 17.1 Å². The Balaban J connectivity index is 3.62. The third kappa shape index (κ3) is 28.8. The lowest BCUT2D eigenvalue weighted by Crippen LogP contribution is -2.32. The summed E-state index contributed by atoms with van der Waals surface area (Å²) in [6.45, 7) is 6.62. The van der Waals surface area contributed by atoms with Gasteiger partial charge in [-0.25, -0.2) is 0 Å². The van der Waals surface area contributed by atoms with Crippen LogP contribution in [0.1, 0.15) is 245 Å². The highest BCUT2D eigenvalue weighted by Crippen LogP contribution is 2.32. The molecule has 0 radical (unpaired) electrons. The van der Waals surface area contributed by atoms with Gasteiger partial charge in [-0.05, 0) is 12.8 Å². The third-order valence-electron chi connectivity index (χ3n) is 9.73. The second-order valence-electron chi connectivity index (χ2n) is 13.9. The minimum absolute atomic E-state index is 0.360. The standard InChI is InChI=1S/C40H80OS/c1-4-7-9-11-13-15-17-19-21-23-25-27-29-31-33-35-37-40(42,39(41)6-3)38-36-34-32-30-28-26-24-22-20-18-16-14-12-10-8-5-2/h42H,4-38H2,1-3H3. The van der Waals surface area contributed by atoms with Gasteiger partial charge in [0, 0.05) is 6.42 Å². The molecule has 0 N–H and O–H groups in total. The minimum Gasteiger partial charge on any atom is -0.298 e. The lowest BCUT2D eigenvalue weighted by atomic mass is 9.88. The monoisotopic (exact) mass is 609 g/mol. The number of carbonyl (C=O) groups is 1. The molecule has 0 heterocycles.